The Kier molecular flexibility index (Phi) is 3.17. The zero-order valence-corrected chi connectivity index (χ0v) is 12.5. The molecular formula is C19H13ClN2. The summed E-state index contributed by atoms with van der Waals surface area (Å²) >= 11 is 6.38. The van der Waals surface area contributed by atoms with Crippen molar-refractivity contribution in [3.05, 3.63) is 78.1 Å². The number of hydrogen-bond donors (Lipinski definition) is 1. The summed E-state index contributed by atoms with van der Waals surface area (Å²) < 4.78 is 0. The fourth-order valence-electron chi connectivity index (χ4n) is 2.80. The first-order valence-corrected chi connectivity index (χ1v) is 7.48. The molecule has 2 heterocycles. The van der Waals surface area contributed by atoms with Gasteiger partial charge in [-0.1, -0.05) is 54.1 Å². The van der Waals surface area contributed by atoms with E-state index in [2.05, 4.69) is 28.2 Å². The van der Waals surface area contributed by atoms with Crippen molar-refractivity contribution in [1.29, 1.82) is 0 Å². The number of nitrogens with one attached hydrogen (secondary N) is 1. The van der Waals surface area contributed by atoms with E-state index in [0.717, 1.165) is 27.5 Å². The minimum Gasteiger partial charge on any atom is -0.353 e. The highest BCUT2D eigenvalue weighted by Gasteiger charge is 2.14. The summed E-state index contributed by atoms with van der Waals surface area (Å²) in [4.78, 5) is 7.65. The molecule has 0 fully saturated rings. The van der Waals surface area contributed by atoms with E-state index < -0.39 is 0 Å². The molecule has 1 N–H and O–H groups in total. The molecule has 2 aromatic carbocycles. The average molecular weight is 305 g/mol. The first-order chi connectivity index (χ1) is 10.8. The molecule has 0 spiro atoms. The van der Waals surface area contributed by atoms with Gasteiger partial charge in [-0.3, -0.25) is 4.98 Å². The molecule has 0 amide bonds. The lowest BCUT2D eigenvalue weighted by atomic mass is 10.1. The number of benzene rings is 2. The first-order valence-electron chi connectivity index (χ1n) is 7.10. The van der Waals surface area contributed by atoms with Crippen LogP contribution in [0.15, 0.2) is 73.1 Å². The highest BCUT2D eigenvalue weighted by atomic mass is 35.5. The number of aromatic nitrogens is 2. The molecule has 2 aromatic heterocycles. The summed E-state index contributed by atoms with van der Waals surface area (Å²) in [6.45, 7) is 0. The lowest BCUT2D eigenvalue weighted by molar-refractivity contribution is 1.31. The van der Waals surface area contributed by atoms with Crippen LogP contribution in [0, 0.1) is 0 Å². The van der Waals surface area contributed by atoms with E-state index in [1.807, 2.05) is 42.5 Å². The summed E-state index contributed by atoms with van der Waals surface area (Å²) in [5.41, 5.74) is 4.27. The van der Waals surface area contributed by atoms with Gasteiger partial charge in [-0.25, -0.2) is 0 Å². The van der Waals surface area contributed by atoms with E-state index in [1.54, 1.807) is 12.4 Å². The molecule has 0 aliphatic rings. The van der Waals surface area contributed by atoms with E-state index in [0.29, 0.717) is 0 Å². The number of fused-ring (bicyclic) bond motifs is 1. The topological polar surface area (TPSA) is 28.7 Å². The van der Waals surface area contributed by atoms with Crippen molar-refractivity contribution in [2.75, 3.05) is 0 Å². The smallest absolute Gasteiger partial charge is 0.0553 e. The minimum absolute atomic E-state index is 0.746. The molecule has 0 aliphatic carbocycles. The van der Waals surface area contributed by atoms with Gasteiger partial charge in [0.2, 0.25) is 0 Å². The zero-order valence-electron chi connectivity index (χ0n) is 11.8. The van der Waals surface area contributed by atoms with Crippen LogP contribution in [0.1, 0.15) is 0 Å². The van der Waals surface area contributed by atoms with Crippen molar-refractivity contribution in [2.24, 2.45) is 0 Å². The normalized spacial score (nSPS) is 11.0. The van der Waals surface area contributed by atoms with Crippen LogP contribution in [0.2, 0.25) is 5.02 Å². The number of hydrogen-bond acceptors (Lipinski definition) is 1. The molecule has 4 aromatic rings. The van der Waals surface area contributed by atoms with E-state index >= 15 is 0 Å². The van der Waals surface area contributed by atoms with E-state index in [9.17, 15) is 0 Å². The van der Waals surface area contributed by atoms with Gasteiger partial charge < -0.3 is 4.98 Å². The molecular weight excluding hydrogens is 292 g/mol. The Labute approximate surface area is 133 Å². The summed E-state index contributed by atoms with van der Waals surface area (Å²) in [7, 11) is 0. The summed E-state index contributed by atoms with van der Waals surface area (Å²) in [5, 5.41) is 3.10. The van der Waals surface area contributed by atoms with Gasteiger partial charge in [-0.2, -0.15) is 0 Å². The number of H-pyrrole nitrogens is 1. The lowest BCUT2D eigenvalue weighted by Crippen LogP contribution is -1.81. The highest BCUT2D eigenvalue weighted by Crippen LogP contribution is 2.37. The van der Waals surface area contributed by atoms with Gasteiger partial charge in [0.05, 0.1) is 11.4 Å². The molecule has 106 valence electrons. The number of halogens is 1. The maximum Gasteiger partial charge on any atom is 0.0553 e. The first kappa shape index (κ1) is 13.1. The van der Waals surface area contributed by atoms with Crippen LogP contribution in [0.3, 0.4) is 0 Å². The summed E-state index contributed by atoms with van der Waals surface area (Å²) in [6, 6.07) is 20.3. The Bertz CT molecular complexity index is 942. The molecule has 0 radical (unpaired) electrons. The summed E-state index contributed by atoms with van der Waals surface area (Å²) in [6.07, 6.45) is 3.61. The third-order valence-corrected chi connectivity index (χ3v) is 4.16. The van der Waals surface area contributed by atoms with E-state index in [1.165, 1.54) is 10.8 Å². The van der Waals surface area contributed by atoms with Crippen molar-refractivity contribution in [3.8, 4) is 22.5 Å². The quantitative estimate of drug-likeness (QED) is 0.516. The second-order valence-corrected chi connectivity index (χ2v) is 5.54. The molecule has 0 saturated heterocycles. The van der Waals surface area contributed by atoms with Crippen molar-refractivity contribution >= 4 is 22.4 Å². The van der Waals surface area contributed by atoms with Crippen LogP contribution < -0.4 is 0 Å². The van der Waals surface area contributed by atoms with Gasteiger partial charge in [0.1, 0.15) is 0 Å². The second-order valence-electron chi connectivity index (χ2n) is 5.14. The van der Waals surface area contributed by atoms with Crippen molar-refractivity contribution in [2.45, 2.75) is 0 Å². The van der Waals surface area contributed by atoms with Crippen LogP contribution in [0.5, 0.6) is 0 Å². The molecule has 4 rings (SSSR count). The molecule has 0 aliphatic heterocycles. The van der Waals surface area contributed by atoms with Crippen LogP contribution in [-0.2, 0) is 0 Å². The number of nitrogens with zero attached hydrogens (tertiary/aromatic N) is 1. The second kappa shape index (κ2) is 5.32. The number of pyridine rings is 1. The van der Waals surface area contributed by atoms with E-state index in [4.69, 9.17) is 11.6 Å². The highest BCUT2D eigenvalue weighted by molar-refractivity contribution is 6.33. The van der Waals surface area contributed by atoms with Crippen molar-refractivity contribution < 1.29 is 0 Å². The largest absolute Gasteiger partial charge is 0.353 e. The van der Waals surface area contributed by atoms with Crippen LogP contribution in [0.4, 0.5) is 0 Å². The van der Waals surface area contributed by atoms with Gasteiger partial charge in [0.25, 0.3) is 0 Å². The van der Waals surface area contributed by atoms with Crippen LogP contribution >= 0.6 is 11.6 Å². The van der Waals surface area contributed by atoms with Gasteiger partial charge >= 0.3 is 0 Å². The molecule has 2 nitrogen and oxygen atoms in total. The Morgan fingerprint density at radius 1 is 0.727 bits per heavy atom. The fourth-order valence-corrected chi connectivity index (χ4v) is 3.03. The molecule has 0 atom stereocenters. The number of aromatic amines is 1. The molecule has 3 heteroatoms. The molecule has 0 unspecified atom stereocenters. The van der Waals surface area contributed by atoms with Crippen LogP contribution in [0.25, 0.3) is 33.3 Å². The third kappa shape index (κ3) is 2.09. The monoisotopic (exact) mass is 304 g/mol. The maximum atomic E-state index is 6.38. The average Bonchev–Trinajstić information content (AvgIpc) is 2.96. The van der Waals surface area contributed by atoms with Gasteiger partial charge in [-0.05, 0) is 18.2 Å². The van der Waals surface area contributed by atoms with Crippen LogP contribution in [-0.4, -0.2) is 9.97 Å². The molecule has 0 saturated carbocycles. The van der Waals surface area contributed by atoms with E-state index in [-0.39, 0.29) is 0 Å². The van der Waals surface area contributed by atoms with Crippen molar-refractivity contribution in [3.63, 3.8) is 0 Å². The third-order valence-electron chi connectivity index (χ3n) is 3.83. The van der Waals surface area contributed by atoms with Gasteiger partial charge in [0.15, 0.2) is 0 Å². The fraction of sp³-hybridized carbons (Fsp3) is 0. The maximum absolute atomic E-state index is 6.38. The molecule has 0 bridgehead atoms. The lowest BCUT2D eigenvalue weighted by Gasteiger charge is -2.02. The Morgan fingerprint density at radius 3 is 2.09 bits per heavy atom. The van der Waals surface area contributed by atoms with Crippen molar-refractivity contribution in [1.82, 2.24) is 9.97 Å². The predicted octanol–water partition coefficient (Wildman–Crippen LogP) is 5.55. The Balaban J connectivity index is 2.04. The minimum atomic E-state index is 0.746. The summed E-state index contributed by atoms with van der Waals surface area (Å²) in [5.74, 6) is 0. The Hall–Kier alpha value is -2.58. The number of rotatable bonds is 2. The standard InChI is InChI=1S/C19H13ClN2/c20-17-8-4-3-7-16(17)19-15-6-2-1-5-14(15)18(22-19)13-9-11-21-12-10-13/h1-12,22H. The SMILES string of the molecule is Clc1ccccc1-c1[nH]c(-c2ccncc2)c2ccccc12. The van der Waals surface area contributed by atoms with Gasteiger partial charge in [0, 0.05) is 39.3 Å². The Morgan fingerprint density at radius 2 is 1.36 bits per heavy atom. The molecule has 22 heavy (non-hydrogen) atoms. The predicted molar refractivity (Wildman–Crippen MR) is 92.0 cm³/mol. The zero-order chi connectivity index (χ0) is 14.9. The van der Waals surface area contributed by atoms with Gasteiger partial charge in [-0.15, -0.1) is 0 Å².